The van der Waals surface area contributed by atoms with Gasteiger partial charge in [0.2, 0.25) is 11.8 Å². The average Bonchev–Trinajstić information content (AvgIpc) is 3.01. The largest absolute Gasteiger partial charge is 0.419 e. The fourth-order valence-corrected chi connectivity index (χ4v) is 1.94. The van der Waals surface area contributed by atoms with Crippen molar-refractivity contribution < 1.29 is 14.3 Å². The van der Waals surface area contributed by atoms with Crippen LogP contribution in [0.5, 0.6) is 0 Å². The van der Waals surface area contributed by atoms with Gasteiger partial charge >= 0.3 is 0 Å². The maximum absolute atomic E-state index is 9.07. The van der Waals surface area contributed by atoms with Crippen LogP contribution in [-0.2, 0) is 11.3 Å². The lowest BCUT2D eigenvalue weighted by Crippen LogP contribution is -2.30. The minimum absolute atomic E-state index is 0.0559. The number of ether oxygens (including phenoxy) is 1. The summed E-state index contributed by atoms with van der Waals surface area (Å²) in [5.74, 6) is 0.888. The van der Waals surface area contributed by atoms with Crippen LogP contribution in [0.3, 0.4) is 0 Å². The number of aliphatic hydroxyl groups excluding tert-OH is 1. The highest BCUT2D eigenvalue weighted by atomic mass is 16.5. The Balaban J connectivity index is 2.04. The van der Waals surface area contributed by atoms with Gasteiger partial charge < -0.3 is 14.3 Å². The molecule has 0 aliphatic rings. The van der Waals surface area contributed by atoms with E-state index in [0.29, 0.717) is 43.6 Å². The van der Waals surface area contributed by atoms with E-state index in [4.69, 9.17) is 19.5 Å². The fourth-order valence-electron chi connectivity index (χ4n) is 1.94. The number of aliphatic hydroxyl groups is 1. The Morgan fingerprint density at radius 1 is 1.27 bits per heavy atom. The number of hydrogen-bond donors (Lipinski definition) is 1. The highest BCUT2D eigenvalue weighted by molar-refractivity contribution is 5.54. The third kappa shape index (κ3) is 4.36. The molecule has 1 N–H and O–H groups in total. The lowest BCUT2D eigenvalue weighted by Gasteiger charge is -2.18. The van der Waals surface area contributed by atoms with E-state index in [1.807, 2.05) is 4.90 Å². The normalized spacial score (nSPS) is 10.8. The molecule has 0 saturated heterocycles. The van der Waals surface area contributed by atoms with Crippen LogP contribution in [0.2, 0.25) is 0 Å². The van der Waals surface area contributed by atoms with E-state index in [1.165, 1.54) is 0 Å². The molecular weight excluding hydrogens is 284 g/mol. The maximum Gasteiger partial charge on any atom is 0.247 e. The minimum Gasteiger partial charge on any atom is -0.419 e. The molecule has 116 valence electrons. The molecule has 0 radical (unpaired) electrons. The monoisotopic (exact) mass is 302 g/mol. The van der Waals surface area contributed by atoms with Crippen LogP contribution < -0.4 is 0 Å². The quantitative estimate of drug-likeness (QED) is 0.778. The molecule has 7 heteroatoms. The summed E-state index contributed by atoms with van der Waals surface area (Å²) in [6.45, 7) is 2.26. The Morgan fingerprint density at radius 3 is 2.68 bits per heavy atom. The van der Waals surface area contributed by atoms with Gasteiger partial charge in [0, 0.05) is 25.8 Å². The van der Waals surface area contributed by atoms with Crippen LogP contribution in [0.15, 0.2) is 28.7 Å². The van der Waals surface area contributed by atoms with Crippen LogP contribution in [0, 0.1) is 11.3 Å². The van der Waals surface area contributed by atoms with Crippen molar-refractivity contribution in [1.29, 1.82) is 5.26 Å². The lowest BCUT2D eigenvalue weighted by molar-refractivity contribution is 0.121. The molecule has 1 aromatic heterocycles. The molecular formula is C15H18N4O3. The zero-order chi connectivity index (χ0) is 15.8. The summed E-state index contributed by atoms with van der Waals surface area (Å²) in [6, 6.07) is 9.01. The van der Waals surface area contributed by atoms with Crippen LogP contribution in [0.4, 0.5) is 0 Å². The number of methoxy groups -OCH3 is 1. The van der Waals surface area contributed by atoms with Gasteiger partial charge in [-0.05, 0) is 24.3 Å². The van der Waals surface area contributed by atoms with Gasteiger partial charge in [-0.25, -0.2) is 0 Å². The first kappa shape index (κ1) is 16.1. The van der Waals surface area contributed by atoms with Crippen molar-refractivity contribution in [2.45, 2.75) is 6.54 Å². The summed E-state index contributed by atoms with van der Waals surface area (Å²) in [5.41, 5.74) is 1.35. The third-order valence-corrected chi connectivity index (χ3v) is 3.11. The van der Waals surface area contributed by atoms with Crippen LogP contribution >= 0.6 is 0 Å². The van der Waals surface area contributed by atoms with Crippen molar-refractivity contribution in [3.8, 4) is 17.5 Å². The zero-order valence-corrected chi connectivity index (χ0v) is 12.4. The Labute approximate surface area is 128 Å². The molecule has 0 fully saturated rings. The zero-order valence-electron chi connectivity index (χ0n) is 12.4. The molecule has 0 aliphatic carbocycles. The second-order valence-electron chi connectivity index (χ2n) is 4.68. The molecule has 2 aromatic rings. The molecule has 0 amide bonds. The van der Waals surface area contributed by atoms with Gasteiger partial charge in [-0.3, -0.25) is 4.90 Å². The van der Waals surface area contributed by atoms with E-state index in [9.17, 15) is 0 Å². The van der Waals surface area contributed by atoms with Crippen LogP contribution in [-0.4, -0.2) is 53.6 Å². The minimum atomic E-state index is 0.0559. The van der Waals surface area contributed by atoms with Crippen molar-refractivity contribution in [2.75, 3.05) is 33.4 Å². The smallest absolute Gasteiger partial charge is 0.247 e. The topological polar surface area (TPSA) is 95.4 Å². The van der Waals surface area contributed by atoms with E-state index in [1.54, 1.807) is 31.4 Å². The molecule has 0 unspecified atom stereocenters. The summed E-state index contributed by atoms with van der Waals surface area (Å²) in [6.07, 6.45) is 0. The first-order valence-electron chi connectivity index (χ1n) is 6.92. The molecule has 0 spiro atoms. The average molecular weight is 302 g/mol. The van der Waals surface area contributed by atoms with E-state index in [0.717, 1.165) is 5.56 Å². The van der Waals surface area contributed by atoms with Gasteiger partial charge in [0.15, 0.2) is 0 Å². The Morgan fingerprint density at radius 2 is 2.05 bits per heavy atom. The van der Waals surface area contributed by atoms with Gasteiger partial charge in [0.1, 0.15) is 0 Å². The van der Waals surface area contributed by atoms with E-state index in [-0.39, 0.29) is 6.61 Å². The van der Waals surface area contributed by atoms with Crippen molar-refractivity contribution in [1.82, 2.24) is 15.1 Å². The second kappa shape index (κ2) is 8.24. The summed E-state index contributed by atoms with van der Waals surface area (Å²) < 4.78 is 10.7. The molecule has 0 bridgehead atoms. The van der Waals surface area contributed by atoms with E-state index in [2.05, 4.69) is 16.3 Å². The SMILES string of the molecule is COCCN(CCO)Cc1nnc(-c2ccc(C#N)cc2)o1. The molecule has 22 heavy (non-hydrogen) atoms. The van der Waals surface area contributed by atoms with Gasteiger partial charge in [-0.2, -0.15) is 5.26 Å². The van der Waals surface area contributed by atoms with Crippen LogP contribution in [0.1, 0.15) is 11.5 Å². The Bertz CT molecular complexity index is 618. The van der Waals surface area contributed by atoms with Gasteiger partial charge in [-0.1, -0.05) is 0 Å². The number of nitrogens with zero attached hydrogens (tertiary/aromatic N) is 4. The van der Waals surface area contributed by atoms with E-state index >= 15 is 0 Å². The van der Waals surface area contributed by atoms with Crippen molar-refractivity contribution in [2.24, 2.45) is 0 Å². The van der Waals surface area contributed by atoms with Gasteiger partial charge in [0.05, 0.1) is 31.4 Å². The number of aromatic nitrogens is 2. The fraction of sp³-hybridized carbons (Fsp3) is 0.400. The number of benzene rings is 1. The number of hydrogen-bond acceptors (Lipinski definition) is 7. The maximum atomic E-state index is 9.07. The highest BCUT2D eigenvalue weighted by Crippen LogP contribution is 2.18. The van der Waals surface area contributed by atoms with Crippen molar-refractivity contribution in [3.05, 3.63) is 35.7 Å². The first-order valence-corrected chi connectivity index (χ1v) is 6.92. The van der Waals surface area contributed by atoms with Crippen molar-refractivity contribution >= 4 is 0 Å². The second-order valence-corrected chi connectivity index (χ2v) is 4.68. The molecule has 1 heterocycles. The summed E-state index contributed by atoms with van der Waals surface area (Å²) in [4.78, 5) is 1.97. The van der Waals surface area contributed by atoms with Crippen LogP contribution in [0.25, 0.3) is 11.5 Å². The molecule has 0 aliphatic heterocycles. The van der Waals surface area contributed by atoms with E-state index < -0.39 is 0 Å². The summed E-state index contributed by atoms with van der Waals surface area (Å²) in [5, 5.41) is 25.9. The molecule has 0 atom stereocenters. The standard InChI is InChI=1S/C15H18N4O3/c1-21-9-7-19(6-8-20)11-14-17-18-15(22-14)13-4-2-12(10-16)3-5-13/h2-5,20H,6-9,11H2,1H3. The van der Waals surface area contributed by atoms with Crippen molar-refractivity contribution in [3.63, 3.8) is 0 Å². The molecule has 7 nitrogen and oxygen atoms in total. The Hall–Kier alpha value is -2.27. The summed E-state index contributed by atoms with van der Waals surface area (Å²) >= 11 is 0. The summed E-state index contributed by atoms with van der Waals surface area (Å²) in [7, 11) is 1.63. The molecule has 2 rings (SSSR count). The van der Waals surface area contributed by atoms with Gasteiger partial charge in [-0.15, -0.1) is 10.2 Å². The third-order valence-electron chi connectivity index (χ3n) is 3.11. The molecule has 0 saturated carbocycles. The lowest BCUT2D eigenvalue weighted by atomic mass is 10.1. The first-order chi connectivity index (χ1) is 10.8. The molecule has 1 aromatic carbocycles. The Kier molecular flexibility index (Phi) is 6.03. The number of rotatable bonds is 8. The predicted octanol–water partition coefficient (Wildman–Crippen LogP) is 1.05. The number of nitriles is 1. The predicted molar refractivity (Wildman–Crippen MR) is 78.7 cm³/mol. The van der Waals surface area contributed by atoms with Gasteiger partial charge in [0.25, 0.3) is 0 Å². The highest BCUT2D eigenvalue weighted by Gasteiger charge is 2.12.